The Bertz CT molecular complexity index is 557. The summed E-state index contributed by atoms with van der Waals surface area (Å²) in [5, 5.41) is 0. The number of benzene rings is 2. The van der Waals surface area contributed by atoms with Gasteiger partial charge in [-0.05, 0) is 23.6 Å². The van der Waals surface area contributed by atoms with Gasteiger partial charge in [0.15, 0.2) is 0 Å². The fourth-order valence-electron chi connectivity index (χ4n) is 2.98. The summed E-state index contributed by atoms with van der Waals surface area (Å²) >= 11 is 0. The summed E-state index contributed by atoms with van der Waals surface area (Å²) in [6.07, 6.45) is 0. The first-order valence-electron chi connectivity index (χ1n) is 7.84. The summed E-state index contributed by atoms with van der Waals surface area (Å²) in [6.45, 7) is 9.05. The molecule has 1 aliphatic rings. The molecular formula is C19H24N2. The third-order valence-electron chi connectivity index (χ3n) is 4.37. The Balaban J connectivity index is 1.50. The van der Waals surface area contributed by atoms with E-state index in [2.05, 4.69) is 71.3 Å². The number of hydrogen-bond acceptors (Lipinski definition) is 2. The first kappa shape index (κ1) is 14.3. The van der Waals surface area contributed by atoms with Gasteiger partial charge in [0.2, 0.25) is 0 Å². The first-order chi connectivity index (χ1) is 10.3. The molecule has 110 valence electrons. The van der Waals surface area contributed by atoms with Crippen molar-refractivity contribution in [3.63, 3.8) is 0 Å². The summed E-state index contributed by atoms with van der Waals surface area (Å²) in [5.74, 6) is 0. The van der Waals surface area contributed by atoms with E-state index in [0.717, 1.165) is 13.1 Å². The van der Waals surface area contributed by atoms with Crippen LogP contribution in [0, 0.1) is 6.92 Å². The number of aryl methyl sites for hydroxylation is 1. The van der Waals surface area contributed by atoms with Crippen LogP contribution in [0.2, 0.25) is 0 Å². The van der Waals surface area contributed by atoms with Crippen LogP contribution in [0.3, 0.4) is 0 Å². The highest BCUT2D eigenvalue weighted by Crippen LogP contribution is 2.13. The summed E-state index contributed by atoms with van der Waals surface area (Å²) < 4.78 is 0. The Morgan fingerprint density at radius 1 is 0.714 bits per heavy atom. The van der Waals surface area contributed by atoms with E-state index in [1.165, 1.54) is 42.9 Å². The topological polar surface area (TPSA) is 6.48 Å². The van der Waals surface area contributed by atoms with Gasteiger partial charge in [-0.1, -0.05) is 54.6 Å². The minimum absolute atomic E-state index is 1.08. The van der Waals surface area contributed by atoms with Crippen molar-refractivity contribution in [1.82, 2.24) is 9.80 Å². The van der Waals surface area contributed by atoms with Crippen LogP contribution in [0.15, 0.2) is 54.6 Å². The summed E-state index contributed by atoms with van der Waals surface area (Å²) in [4.78, 5) is 5.13. The second-order valence-electron chi connectivity index (χ2n) is 5.96. The quantitative estimate of drug-likeness (QED) is 0.848. The normalized spacial score (nSPS) is 17.0. The fraction of sp³-hybridized carbons (Fsp3) is 0.368. The van der Waals surface area contributed by atoms with E-state index in [1.807, 2.05) is 0 Å². The molecule has 1 aliphatic heterocycles. The van der Waals surface area contributed by atoms with E-state index in [9.17, 15) is 0 Å². The molecule has 0 radical (unpaired) electrons. The van der Waals surface area contributed by atoms with E-state index in [-0.39, 0.29) is 0 Å². The van der Waals surface area contributed by atoms with Crippen LogP contribution in [0.25, 0.3) is 0 Å². The van der Waals surface area contributed by atoms with Gasteiger partial charge in [0.25, 0.3) is 0 Å². The fourth-order valence-corrected chi connectivity index (χ4v) is 2.98. The van der Waals surface area contributed by atoms with Crippen molar-refractivity contribution in [3.8, 4) is 0 Å². The molecule has 2 aromatic rings. The minimum atomic E-state index is 1.08. The second-order valence-corrected chi connectivity index (χ2v) is 5.96. The van der Waals surface area contributed by atoms with Crippen LogP contribution in [-0.4, -0.2) is 36.0 Å². The van der Waals surface area contributed by atoms with Crippen LogP contribution in [0.5, 0.6) is 0 Å². The minimum Gasteiger partial charge on any atom is -0.297 e. The molecule has 2 nitrogen and oxygen atoms in total. The maximum atomic E-state index is 2.57. The van der Waals surface area contributed by atoms with Crippen LogP contribution < -0.4 is 0 Å². The lowest BCUT2D eigenvalue weighted by Crippen LogP contribution is -2.45. The van der Waals surface area contributed by atoms with Gasteiger partial charge in [-0.2, -0.15) is 0 Å². The van der Waals surface area contributed by atoms with Crippen LogP contribution in [-0.2, 0) is 13.1 Å². The largest absolute Gasteiger partial charge is 0.297 e. The van der Waals surface area contributed by atoms with Crippen molar-refractivity contribution in [2.45, 2.75) is 20.0 Å². The molecule has 0 saturated carbocycles. The molecule has 0 bridgehead atoms. The summed E-state index contributed by atoms with van der Waals surface area (Å²) in [7, 11) is 0. The van der Waals surface area contributed by atoms with Gasteiger partial charge in [0, 0.05) is 39.3 Å². The Labute approximate surface area is 128 Å². The maximum absolute atomic E-state index is 2.57. The van der Waals surface area contributed by atoms with E-state index in [1.54, 1.807) is 0 Å². The van der Waals surface area contributed by atoms with Crippen molar-refractivity contribution in [1.29, 1.82) is 0 Å². The van der Waals surface area contributed by atoms with Gasteiger partial charge in [0.05, 0.1) is 0 Å². The van der Waals surface area contributed by atoms with Gasteiger partial charge < -0.3 is 0 Å². The maximum Gasteiger partial charge on any atom is 0.0237 e. The Morgan fingerprint density at radius 3 is 1.95 bits per heavy atom. The average Bonchev–Trinajstić information content (AvgIpc) is 2.52. The number of hydrogen-bond donors (Lipinski definition) is 0. The lowest BCUT2D eigenvalue weighted by Gasteiger charge is -2.35. The predicted octanol–water partition coefficient (Wildman–Crippen LogP) is 3.31. The zero-order valence-electron chi connectivity index (χ0n) is 12.8. The highest BCUT2D eigenvalue weighted by Gasteiger charge is 2.17. The van der Waals surface area contributed by atoms with E-state index < -0.39 is 0 Å². The first-order valence-corrected chi connectivity index (χ1v) is 7.84. The van der Waals surface area contributed by atoms with Gasteiger partial charge in [0.1, 0.15) is 0 Å². The van der Waals surface area contributed by atoms with Crippen molar-refractivity contribution in [2.24, 2.45) is 0 Å². The molecule has 0 atom stereocenters. The highest BCUT2D eigenvalue weighted by atomic mass is 15.3. The molecule has 1 fully saturated rings. The standard InChI is InChI=1S/C19H24N2/c1-17-7-5-6-10-19(17)16-21-13-11-20(12-14-21)15-18-8-3-2-4-9-18/h2-10H,11-16H2,1H3. The van der Waals surface area contributed by atoms with E-state index in [4.69, 9.17) is 0 Å². The molecule has 2 aromatic carbocycles. The molecule has 0 amide bonds. The van der Waals surface area contributed by atoms with Gasteiger partial charge >= 0.3 is 0 Å². The van der Waals surface area contributed by atoms with Crippen LogP contribution >= 0.6 is 0 Å². The molecule has 0 aliphatic carbocycles. The smallest absolute Gasteiger partial charge is 0.0237 e. The van der Waals surface area contributed by atoms with Crippen LogP contribution in [0.1, 0.15) is 16.7 Å². The van der Waals surface area contributed by atoms with Crippen LogP contribution in [0.4, 0.5) is 0 Å². The molecular weight excluding hydrogens is 256 g/mol. The molecule has 1 saturated heterocycles. The molecule has 1 heterocycles. The van der Waals surface area contributed by atoms with Crippen molar-refractivity contribution in [2.75, 3.05) is 26.2 Å². The van der Waals surface area contributed by atoms with Gasteiger partial charge in [-0.3, -0.25) is 9.80 Å². The SMILES string of the molecule is Cc1ccccc1CN1CCN(Cc2ccccc2)CC1. The lowest BCUT2D eigenvalue weighted by molar-refractivity contribution is 0.122. The number of rotatable bonds is 4. The van der Waals surface area contributed by atoms with Crippen molar-refractivity contribution in [3.05, 3.63) is 71.3 Å². The second kappa shape index (κ2) is 6.88. The Kier molecular flexibility index (Phi) is 4.69. The monoisotopic (exact) mass is 280 g/mol. The predicted molar refractivity (Wildman–Crippen MR) is 88.2 cm³/mol. The van der Waals surface area contributed by atoms with Gasteiger partial charge in [-0.25, -0.2) is 0 Å². The number of nitrogens with zero attached hydrogens (tertiary/aromatic N) is 2. The number of piperazine rings is 1. The molecule has 0 aromatic heterocycles. The average molecular weight is 280 g/mol. The summed E-state index contributed by atoms with van der Waals surface area (Å²) in [6, 6.07) is 19.5. The van der Waals surface area contributed by atoms with Crippen molar-refractivity contribution >= 4 is 0 Å². The van der Waals surface area contributed by atoms with E-state index in [0.29, 0.717) is 0 Å². The highest BCUT2D eigenvalue weighted by molar-refractivity contribution is 5.25. The Morgan fingerprint density at radius 2 is 1.29 bits per heavy atom. The Hall–Kier alpha value is -1.64. The molecule has 21 heavy (non-hydrogen) atoms. The lowest BCUT2D eigenvalue weighted by atomic mass is 10.1. The van der Waals surface area contributed by atoms with Gasteiger partial charge in [-0.15, -0.1) is 0 Å². The van der Waals surface area contributed by atoms with E-state index >= 15 is 0 Å². The zero-order chi connectivity index (χ0) is 14.5. The third-order valence-corrected chi connectivity index (χ3v) is 4.37. The molecule has 0 N–H and O–H groups in total. The molecule has 0 unspecified atom stereocenters. The zero-order valence-corrected chi connectivity index (χ0v) is 12.8. The summed E-state index contributed by atoms with van der Waals surface area (Å²) in [5.41, 5.74) is 4.29. The molecule has 0 spiro atoms. The molecule has 2 heteroatoms. The molecule has 3 rings (SSSR count). The third kappa shape index (κ3) is 3.93. The van der Waals surface area contributed by atoms with Crippen molar-refractivity contribution < 1.29 is 0 Å².